The zero-order chi connectivity index (χ0) is 36.7. The molecule has 0 saturated carbocycles. The van der Waals surface area contributed by atoms with Crippen LogP contribution in [0.1, 0.15) is 75.8 Å². The van der Waals surface area contributed by atoms with Crippen LogP contribution in [0.15, 0.2) is 36.4 Å². The first kappa shape index (κ1) is 38.8. The van der Waals surface area contributed by atoms with Crippen molar-refractivity contribution in [3.05, 3.63) is 86.5 Å². The van der Waals surface area contributed by atoms with Gasteiger partial charge in [0.1, 0.15) is 0 Å². The molecule has 12 heteroatoms. The van der Waals surface area contributed by atoms with E-state index in [4.69, 9.17) is 4.52 Å². The van der Waals surface area contributed by atoms with E-state index >= 15 is 0 Å². The van der Waals surface area contributed by atoms with Crippen molar-refractivity contribution in [1.82, 2.24) is 0 Å². The molecule has 49 heavy (non-hydrogen) atoms. The third-order valence-corrected chi connectivity index (χ3v) is 15.3. The fourth-order valence-electron chi connectivity index (χ4n) is 6.67. The van der Waals surface area contributed by atoms with Gasteiger partial charge >= 0.3 is 287 Å². The number of aromatic hydroxyl groups is 2. The quantitative estimate of drug-likeness (QED) is 0.0786. The summed E-state index contributed by atoms with van der Waals surface area (Å²) in [5.74, 6) is -4.14. The Hall–Kier alpha value is -4.63. The molecule has 0 heterocycles. The number of rotatable bonds is 18. The molecule has 3 rings (SSSR count). The molecule has 0 aliphatic heterocycles. The maximum absolute atomic E-state index is 12.1. The molecule has 0 radical (unpaired) electrons. The fourth-order valence-corrected chi connectivity index (χ4v) is 12.2. The van der Waals surface area contributed by atoms with Crippen molar-refractivity contribution in [3.8, 4) is 17.2 Å². The second-order valence-corrected chi connectivity index (χ2v) is 19.0. The standard InChI is InChI=1S/C37H47O11P/c1-22-14-29(20-27-16-23(2)35(46)24(3)17-27)37(30(15-22)21-28-18-25(4)36(47)26(5)19-28)48-49(10-6-31(38)39,11-7-32(40)41,12-8-33(42)43)13-9-34(44)45/h14-19,46-47H,6-13,20-21H2,1-5H3,(H,38,39)(H,40,41)(H,42,43)(H,44,45). The van der Waals surface area contributed by atoms with Crippen LogP contribution in [0.25, 0.3) is 0 Å². The summed E-state index contributed by atoms with van der Waals surface area (Å²) in [6.07, 6.45) is -2.15. The number of carboxylic acids is 4. The number of hydrogen-bond acceptors (Lipinski definition) is 7. The van der Waals surface area contributed by atoms with Crippen LogP contribution in [0.2, 0.25) is 0 Å². The van der Waals surface area contributed by atoms with Gasteiger partial charge in [0.15, 0.2) is 0 Å². The van der Waals surface area contributed by atoms with Gasteiger partial charge in [0.2, 0.25) is 0 Å². The average molecular weight is 699 g/mol. The third-order valence-electron chi connectivity index (χ3n) is 9.19. The van der Waals surface area contributed by atoms with Crippen LogP contribution in [0.4, 0.5) is 0 Å². The molecule has 0 saturated heterocycles. The van der Waals surface area contributed by atoms with Gasteiger partial charge in [-0.2, -0.15) is 0 Å². The van der Waals surface area contributed by atoms with Crippen LogP contribution in [-0.4, -0.2) is 79.2 Å². The number of aryl methyl sites for hydroxylation is 5. The minimum absolute atomic E-state index is 0.165. The van der Waals surface area contributed by atoms with Crippen molar-refractivity contribution in [1.29, 1.82) is 0 Å². The summed E-state index contributed by atoms with van der Waals surface area (Å²) in [6.45, 7) is 4.69. The van der Waals surface area contributed by atoms with E-state index in [1.165, 1.54) is 0 Å². The van der Waals surface area contributed by atoms with E-state index in [1.54, 1.807) is 27.7 Å². The summed E-state index contributed by atoms with van der Waals surface area (Å²) in [5, 5.41) is 60.3. The number of hydrogen-bond donors (Lipinski definition) is 6. The van der Waals surface area contributed by atoms with Crippen LogP contribution in [0, 0.1) is 34.6 Å². The predicted molar refractivity (Wildman–Crippen MR) is 188 cm³/mol. The topological polar surface area (TPSA) is 199 Å². The molecule has 0 fully saturated rings. The molecule has 0 spiro atoms. The van der Waals surface area contributed by atoms with Gasteiger partial charge in [-0.05, 0) is 0 Å². The molecule has 0 amide bonds. The molecular weight excluding hydrogens is 651 g/mol. The molecule has 11 nitrogen and oxygen atoms in total. The zero-order valence-corrected chi connectivity index (χ0v) is 29.6. The first-order chi connectivity index (χ1) is 22.8. The zero-order valence-electron chi connectivity index (χ0n) is 28.7. The first-order valence-electron chi connectivity index (χ1n) is 16.1. The molecule has 266 valence electrons. The van der Waals surface area contributed by atoms with Crippen molar-refractivity contribution in [2.24, 2.45) is 0 Å². The summed E-state index contributed by atoms with van der Waals surface area (Å²) in [4.78, 5) is 48.3. The van der Waals surface area contributed by atoms with Gasteiger partial charge in [0.05, 0.1) is 0 Å². The Morgan fingerprint density at radius 3 is 1.08 bits per heavy atom. The fraction of sp³-hybridized carbons (Fsp3) is 0.405. The second kappa shape index (κ2) is 15.7. The summed E-state index contributed by atoms with van der Waals surface area (Å²) in [7, 11) is 0. The van der Waals surface area contributed by atoms with E-state index in [9.17, 15) is 49.8 Å². The third kappa shape index (κ3) is 10.2. The number of benzene rings is 3. The Kier molecular flexibility index (Phi) is 12.5. The molecule has 0 atom stereocenters. The van der Waals surface area contributed by atoms with Gasteiger partial charge in [-0.25, -0.2) is 0 Å². The summed E-state index contributed by atoms with van der Waals surface area (Å²) >= 11 is 0. The number of phenolic OH excluding ortho intramolecular Hbond substituents is 2. The van der Waals surface area contributed by atoms with E-state index in [0.717, 1.165) is 16.7 Å². The van der Waals surface area contributed by atoms with Gasteiger partial charge in [-0.3, -0.25) is 0 Å². The van der Waals surface area contributed by atoms with Gasteiger partial charge in [-0.15, -0.1) is 0 Å². The summed E-state index contributed by atoms with van der Waals surface area (Å²) in [5.41, 5.74) is 6.49. The SMILES string of the molecule is Cc1cc(Cc2cc(C)c(O)c(C)c2)c(OP(CCC(=O)O)(CCC(=O)O)(CCC(=O)O)CCC(=O)O)c(Cc2cc(C)c(O)c(C)c2)c1. The summed E-state index contributed by atoms with van der Waals surface area (Å²) in [6, 6.07) is 11.2. The van der Waals surface area contributed by atoms with Gasteiger partial charge in [0.25, 0.3) is 0 Å². The number of aliphatic carboxylic acids is 4. The van der Waals surface area contributed by atoms with Gasteiger partial charge < -0.3 is 0 Å². The Bertz CT molecular complexity index is 1550. The Morgan fingerprint density at radius 2 is 0.816 bits per heavy atom. The molecular formula is C37H47O11P. The van der Waals surface area contributed by atoms with E-state index in [1.807, 2.05) is 43.3 Å². The van der Waals surface area contributed by atoms with E-state index in [0.29, 0.717) is 52.0 Å². The molecule has 0 aliphatic rings. The van der Waals surface area contributed by atoms with Crippen LogP contribution in [-0.2, 0) is 32.0 Å². The van der Waals surface area contributed by atoms with Crippen molar-refractivity contribution < 1.29 is 54.3 Å². The summed E-state index contributed by atoms with van der Waals surface area (Å²) < 4.78 is 7.20. The Morgan fingerprint density at radius 1 is 0.531 bits per heavy atom. The minimum atomic E-state index is -4.34. The molecule has 0 aromatic heterocycles. The van der Waals surface area contributed by atoms with Crippen molar-refractivity contribution in [3.63, 3.8) is 0 Å². The first-order valence-corrected chi connectivity index (χ1v) is 19.0. The number of phenols is 2. The number of carboxylic acid groups (broad SMARTS) is 4. The molecule has 0 bridgehead atoms. The van der Waals surface area contributed by atoms with Gasteiger partial charge in [0, 0.05) is 0 Å². The van der Waals surface area contributed by atoms with Crippen LogP contribution < -0.4 is 4.52 Å². The molecule has 3 aromatic carbocycles. The van der Waals surface area contributed by atoms with Crippen molar-refractivity contribution in [2.75, 3.05) is 24.6 Å². The van der Waals surface area contributed by atoms with Gasteiger partial charge in [-0.1, -0.05) is 0 Å². The monoisotopic (exact) mass is 698 g/mol. The van der Waals surface area contributed by atoms with E-state index in [-0.39, 0.29) is 36.1 Å². The average Bonchev–Trinajstić information content (AvgIpc) is 3.00. The molecule has 6 N–H and O–H groups in total. The predicted octanol–water partition coefficient (Wildman–Crippen LogP) is 6.57. The van der Waals surface area contributed by atoms with Crippen molar-refractivity contribution >= 4 is 30.7 Å². The Labute approximate surface area is 286 Å². The number of carbonyl (C=O) groups is 4. The van der Waals surface area contributed by atoms with Crippen LogP contribution >= 0.6 is 6.83 Å². The van der Waals surface area contributed by atoms with Crippen molar-refractivity contribution in [2.45, 2.75) is 73.1 Å². The molecule has 0 aliphatic carbocycles. The second-order valence-electron chi connectivity index (χ2n) is 13.3. The Balaban J connectivity index is 2.42. The van der Waals surface area contributed by atoms with E-state index < -0.39 is 56.4 Å². The van der Waals surface area contributed by atoms with E-state index in [2.05, 4.69) is 0 Å². The van der Waals surface area contributed by atoms with Crippen LogP contribution in [0.3, 0.4) is 0 Å². The molecule has 0 unspecified atom stereocenters. The normalized spacial score (nSPS) is 12.2. The molecule has 3 aromatic rings. The maximum atomic E-state index is 12.1. The van der Waals surface area contributed by atoms with Crippen LogP contribution in [0.5, 0.6) is 17.2 Å².